The third-order valence-electron chi connectivity index (χ3n) is 2.70. The van der Waals surface area contributed by atoms with Crippen LogP contribution < -0.4 is 11.1 Å². The fraction of sp³-hybridized carbons (Fsp3) is 0.143. The van der Waals surface area contributed by atoms with E-state index in [-0.39, 0.29) is 0 Å². The number of rotatable bonds is 4. The molecule has 0 aliphatic heterocycles. The molecule has 1 aromatic heterocycles. The highest BCUT2D eigenvalue weighted by Gasteiger charge is 2.06. The minimum atomic E-state index is 0.326. The maximum absolute atomic E-state index is 5.94. The van der Waals surface area contributed by atoms with Gasteiger partial charge in [-0.05, 0) is 36.8 Å². The molecule has 5 heteroatoms. The second-order valence-corrected chi connectivity index (χ2v) is 5.09. The summed E-state index contributed by atoms with van der Waals surface area (Å²) in [6.07, 6.45) is 1.85. The third kappa shape index (κ3) is 3.66. The Morgan fingerprint density at radius 2 is 2.16 bits per heavy atom. The summed E-state index contributed by atoms with van der Waals surface area (Å²) < 4.78 is 0. The summed E-state index contributed by atoms with van der Waals surface area (Å²) in [6, 6.07) is 9.45. The van der Waals surface area contributed by atoms with Crippen LogP contribution in [0, 0.1) is 6.92 Å². The Hall–Kier alpha value is -1.65. The predicted molar refractivity (Wildman–Crippen MR) is 83.6 cm³/mol. The van der Waals surface area contributed by atoms with Crippen LogP contribution in [-0.2, 0) is 6.54 Å². The first-order valence-electron chi connectivity index (χ1n) is 5.81. The van der Waals surface area contributed by atoms with E-state index in [4.69, 9.17) is 29.6 Å². The van der Waals surface area contributed by atoms with E-state index < -0.39 is 0 Å². The summed E-state index contributed by atoms with van der Waals surface area (Å²) >= 11 is 11.0. The monoisotopic (exact) mass is 291 g/mol. The van der Waals surface area contributed by atoms with Crippen molar-refractivity contribution in [2.45, 2.75) is 13.5 Å². The summed E-state index contributed by atoms with van der Waals surface area (Å²) in [7, 11) is 0. The van der Waals surface area contributed by atoms with Crippen LogP contribution in [0.15, 0.2) is 36.5 Å². The van der Waals surface area contributed by atoms with Crippen LogP contribution in [0.2, 0.25) is 5.02 Å². The molecule has 0 bridgehead atoms. The second kappa shape index (κ2) is 5.99. The minimum absolute atomic E-state index is 0.326. The number of nitrogens with zero attached hydrogens (tertiary/aromatic N) is 1. The van der Waals surface area contributed by atoms with E-state index in [0.717, 1.165) is 22.5 Å². The van der Waals surface area contributed by atoms with Gasteiger partial charge in [0.1, 0.15) is 4.99 Å². The fourth-order valence-corrected chi connectivity index (χ4v) is 2.02. The number of halogens is 1. The molecule has 0 saturated heterocycles. The topological polar surface area (TPSA) is 50.9 Å². The maximum atomic E-state index is 5.94. The van der Waals surface area contributed by atoms with Gasteiger partial charge in [-0.25, -0.2) is 0 Å². The van der Waals surface area contributed by atoms with Crippen LogP contribution in [0.1, 0.15) is 16.8 Å². The second-order valence-electron chi connectivity index (χ2n) is 4.22. The van der Waals surface area contributed by atoms with Crippen molar-refractivity contribution in [1.29, 1.82) is 0 Å². The first-order valence-corrected chi connectivity index (χ1v) is 6.59. The highest BCUT2D eigenvalue weighted by molar-refractivity contribution is 7.80. The van der Waals surface area contributed by atoms with Gasteiger partial charge in [-0.15, -0.1) is 0 Å². The minimum Gasteiger partial charge on any atom is -0.389 e. The molecule has 2 aromatic rings. The number of aromatic nitrogens is 1. The number of anilines is 1. The first-order chi connectivity index (χ1) is 9.06. The zero-order valence-corrected chi connectivity index (χ0v) is 12.1. The number of pyridine rings is 1. The van der Waals surface area contributed by atoms with E-state index in [0.29, 0.717) is 16.6 Å². The van der Waals surface area contributed by atoms with Crippen LogP contribution in [0.25, 0.3) is 0 Å². The van der Waals surface area contributed by atoms with Gasteiger partial charge in [-0.3, -0.25) is 4.98 Å². The molecule has 0 amide bonds. The predicted octanol–water partition coefficient (Wildman–Crippen LogP) is 3.29. The zero-order valence-electron chi connectivity index (χ0n) is 10.5. The smallest absolute Gasteiger partial charge is 0.106 e. The number of aryl methyl sites for hydroxylation is 1. The van der Waals surface area contributed by atoms with Crippen molar-refractivity contribution >= 4 is 34.5 Å². The van der Waals surface area contributed by atoms with Gasteiger partial charge in [0.05, 0.1) is 0 Å². The molecule has 0 aliphatic carbocycles. The van der Waals surface area contributed by atoms with E-state index in [2.05, 4.69) is 10.3 Å². The van der Waals surface area contributed by atoms with Gasteiger partial charge >= 0.3 is 0 Å². The molecule has 19 heavy (non-hydrogen) atoms. The van der Waals surface area contributed by atoms with Crippen LogP contribution in [-0.4, -0.2) is 9.97 Å². The van der Waals surface area contributed by atoms with Crippen molar-refractivity contribution < 1.29 is 0 Å². The largest absolute Gasteiger partial charge is 0.389 e. The van der Waals surface area contributed by atoms with Gasteiger partial charge < -0.3 is 11.1 Å². The Morgan fingerprint density at radius 1 is 1.37 bits per heavy atom. The molecule has 0 aliphatic rings. The number of hydrogen-bond acceptors (Lipinski definition) is 3. The van der Waals surface area contributed by atoms with E-state index in [1.54, 1.807) is 12.1 Å². The van der Waals surface area contributed by atoms with Gasteiger partial charge in [0.15, 0.2) is 0 Å². The summed E-state index contributed by atoms with van der Waals surface area (Å²) in [5, 5.41) is 3.91. The van der Waals surface area contributed by atoms with Gasteiger partial charge in [0, 0.05) is 34.7 Å². The van der Waals surface area contributed by atoms with Crippen LogP contribution >= 0.6 is 23.8 Å². The molecule has 1 aromatic carbocycles. The SMILES string of the molecule is Cc1ccc(CNc2ccc(Cl)cc2C(N)=S)cn1. The molecule has 3 N–H and O–H groups in total. The first kappa shape index (κ1) is 13.8. The van der Waals surface area contributed by atoms with Crippen LogP contribution in [0.5, 0.6) is 0 Å². The molecule has 0 radical (unpaired) electrons. The normalized spacial score (nSPS) is 10.2. The van der Waals surface area contributed by atoms with Crippen LogP contribution in [0.4, 0.5) is 5.69 Å². The number of nitrogens with two attached hydrogens (primary N) is 1. The lowest BCUT2D eigenvalue weighted by molar-refractivity contribution is 1.08. The van der Waals surface area contributed by atoms with Crippen molar-refractivity contribution in [1.82, 2.24) is 4.98 Å². The molecule has 0 unspecified atom stereocenters. The number of benzene rings is 1. The Labute approximate surface area is 122 Å². The highest BCUT2D eigenvalue weighted by atomic mass is 35.5. The lowest BCUT2D eigenvalue weighted by atomic mass is 10.1. The van der Waals surface area contributed by atoms with E-state index >= 15 is 0 Å². The van der Waals surface area contributed by atoms with Crippen molar-refractivity contribution in [3.05, 3.63) is 58.4 Å². The molecular formula is C14H14ClN3S. The highest BCUT2D eigenvalue weighted by Crippen LogP contribution is 2.21. The quantitative estimate of drug-likeness (QED) is 0.849. The van der Waals surface area contributed by atoms with E-state index in [9.17, 15) is 0 Å². The van der Waals surface area contributed by atoms with Gasteiger partial charge in [0.2, 0.25) is 0 Å². The molecule has 2 rings (SSSR count). The summed E-state index contributed by atoms with van der Waals surface area (Å²) in [5.41, 5.74) is 9.41. The standard InChI is InChI=1S/C14H14ClN3S/c1-9-2-3-10(7-17-9)8-18-13-5-4-11(15)6-12(13)14(16)19/h2-7,18H,8H2,1H3,(H2,16,19). The van der Waals surface area contributed by atoms with Crippen molar-refractivity contribution in [3.8, 4) is 0 Å². The molecule has 0 saturated carbocycles. The van der Waals surface area contributed by atoms with Crippen molar-refractivity contribution in [2.75, 3.05) is 5.32 Å². The third-order valence-corrected chi connectivity index (χ3v) is 3.16. The number of nitrogens with one attached hydrogen (secondary N) is 1. The van der Waals surface area contributed by atoms with Crippen LogP contribution in [0.3, 0.4) is 0 Å². The molecular weight excluding hydrogens is 278 g/mol. The van der Waals surface area contributed by atoms with Crippen molar-refractivity contribution in [2.24, 2.45) is 5.73 Å². The zero-order chi connectivity index (χ0) is 13.8. The Bertz CT molecular complexity index is 596. The Kier molecular flexibility index (Phi) is 4.35. The molecule has 3 nitrogen and oxygen atoms in total. The summed E-state index contributed by atoms with van der Waals surface area (Å²) in [4.78, 5) is 4.58. The van der Waals surface area contributed by atoms with E-state index in [1.807, 2.05) is 31.3 Å². The molecule has 1 heterocycles. The lowest BCUT2D eigenvalue weighted by Gasteiger charge is -2.11. The molecule has 98 valence electrons. The fourth-order valence-electron chi connectivity index (χ4n) is 1.67. The average molecular weight is 292 g/mol. The number of hydrogen-bond donors (Lipinski definition) is 2. The summed E-state index contributed by atoms with van der Waals surface area (Å²) in [5.74, 6) is 0. The average Bonchev–Trinajstić information content (AvgIpc) is 2.39. The maximum Gasteiger partial charge on any atom is 0.106 e. The van der Waals surface area contributed by atoms with Gasteiger partial charge in [-0.2, -0.15) is 0 Å². The lowest BCUT2D eigenvalue weighted by Crippen LogP contribution is -2.13. The molecule has 0 spiro atoms. The molecule has 0 fully saturated rings. The number of thiocarbonyl (C=S) groups is 1. The van der Waals surface area contributed by atoms with Gasteiger partial charge in [-0.1, -0.05) is 29.9 Å². The molecule has 0 atom stereocenters. The van der Waals surface area contributed by atoms with E-state index in [1.165, 1.54) is 0 Å². The Balaban J connectivity index is 2.15. The van der Waals surface area contributed by atoms with Gasteiger partial charge in [0.25, 0.3) is 0 Å². The summed E-state index contributed by atoms with van der Waals surface area (Å²) in [6.45, 7) is 2.62. The van der Waals surface area contributed by atoms with Crippen molar-refractivity contribution in [3.63, 3.8) is 0 Å². The Morgan fingerprint density at radius 3 is 2.79 bits per heavy atom.